The number of nitro benzene ring substituents is 1. The topological polar surface area (TPSA) is 85.6 Å². The van der Waals surface area contributed by atoms with Crippen molar-refractivity contribution in [3.63, 3.8) is 0 Å². The van der Waals surface area contributed by atoms with E-state index in [1.54, 1.807) is 23.5 Å². The van der Waals surface area contributed by atoms with Crippen LogP contribution in [0.3, 0.4) is 0 Å². The maximum atomic E-state index is 12.2. The predicted octanol–water partition coefficient (Wildman–Crippen LogP) is 4.27. The minimum Gasteiger partial charge on any atom is -0.423 e. The van der Waals surface area contributed by atoms with Gasteiger partial charge in [0.2, 0.25) is 0 Å². The van der Waals surface area contributed by atoms with Gasteiger partial charge >= 0.3 is 5.97 Å². The molecule has 0 bridgehead atoms. The molecule has 0 N–H and O–H groups in total. The van der Waals surface area contributed by atoms with Crippen LogP contribution in [0.1, 0.15) is 24.2 Å². The minimum atomic E-state index is -0.562. The Bertz CT molecular complexity index is 949. The first-order valence-electron chi connectivity index (χ1n) is 8.14. The molecule has 0 atom stereocenters. The summed E-state index contributed by atoms with van der Waals surface area (Å²) in [6.07, 6.45) is 0. The summed E-state index contributed by atoms with van der Waals surface area (Å²) in [4.78, 5) is 29.1. The molecule has 8 heteroatoms. The predicted molar refractivity (Wildman–Crippen MR) is 101 cm³/mol. The Morgan fingerprint density at radius 3 is 2.50 bits per heavy atom. The van der Waals surface area contributed by atoms with Crippen molar-refractivity contribution in [3.05, 3.63) is 58.1 Å². The first-order chi connectivity index (χ1) is 12.5. The number of aromatic nitrogens is 1. The third-order valence-electron chi connectivity index (χ3n) is 3.91. The fourth-order valence-electron chi connectivity index (χ4n) is 2.47. The molecule has 0 aliphatic carbocycles. The van der Waals surface area contributed by atoms with E-state index in [0.29, 0.717) is 5.75 Å². The Hall–Kier alpha value is -3.00. The Morgan fingerprint density at radius 2 is 1.88 bits per heavy atom. The van der Waals surface area contributed by atoms with Crippen molar-refractivity contribution in [2.75, 3.05) is 18.0 Å². The lowest BCUT2D eigenvalue weighted by atomic mass is 10.2. The van der Waals surface area contributed by atoms with Crippen LogP contribution in [0.4, 0.5) is 10.8 Å². The van der Waals surface area contributed by atoms with Crippen LogP contribution in [-0.2, 0) is 0 Å². The highest BCUT2D eigenvalue weighted by molar-refractivity contribution is 7.22. The molecule has 1 heterocycles. The van der Waals surface area contributed by atoms with Gasteiger partial charge in [-0.15, -0.1) is 0 Å². The van der Waals surface area contributed by atoms with Crippen molar-refractivity contribution in [1.82, 2.24) is 4.98 Å². The number of benzene rings is 2. The van der Waals surface area contributed by atoms with Crippen LogP contribution in [0.25, 0.3) is 10.2 Å². The number of non-ortho nitro benzene ring substituents is 1. The molecule has 7 nitrogen and oxygen atoms in total. The largest absolute Gasteiger partial charge is 0.423 e. The van der Waals surface area contributed by atoms with Crippen LogP contribution in [-0.4, -0.2) is 29.0 Å². The second-order valence-corrected chi connectivity index (χ2v) is 6.50. The standard InChI is InChI=1S/C18H17N3O4S/c1-3-20(4-2)18-19-15-10-9-14(11-16(15)26-18)25-17(22)12-5-7-13(8-6-12)21(23)24/h5-11H,3-4H2,1-2H3. The Kier molecular flexibility index (Phi) is 5.13. The van der Waals surface area contributed by atoms with Crippen molar-refractivity contribution in [2.45, 2.75) is 13.8 Å². The third kappa shape index (κ3) is 3.65. The van der Waals surface area contributed by atoms with Gasteiger partial charge in [0.05, 0.1) is 20.7 Å². The lowest BCUT2D eigenvalue weighted by Gasteiger charge is -2.16. The third-order valence-corrected chi connectivity index (χ3v) is 4.99. The summed E-state index contributed by atoms with van der Waals surface area (Å²) < 4.78 is 6.32. The molecule has 0 radical (unpaired) electrons. The number of thiazole rings is 1. The number of nitrogens with zero attached hydrogens (tertiary/aromatic N) is 3. The molecule has 1 aromatic heterocycles. The number of esters is 1. The number of rotatable bonds is 6. The normalized spacial score (nSPS) is 10.7. The Balaban J connectivity index is 1.79. The number of anilines is 1. The number of nitro groups is 1. The van der Waals surface area contributed by atoms with E-state index in [9.17, 15) is 14.9 Å². The quantitative estimate of drug-likeness (QED) is 0.278. The van der Waals surface area contributed by atoms with Crippen LogP contribution in [0.15, 0.2) is 42.5 Å². The SMILES string of the molecule is CCN(CC)c1nc2ccc(OC(=O)c3ccc([N+](=O)[O-])cc3)cc2s1. The fraction of sp³-hybridized carbons (Fsp3) is 0.222. The number of fused-ring (bicyclic) bond motifs is 1. The van der Waals surface area contributed by atoms with Crippen molar-refractivity contribution in [1.29, 1.82) is 0 Å². The van der Waals surface area contributed by atoms with Gasteiger partial charge in [-0.3, -0.25) is 10.1 Å². The molecule has 0 saturated heterocycles. The molecule has 0 aliphatic rings. The van der Waals surface area contributed by atoms with Gasteiger partial charge in [-0.25, -0.2) is 9.78 Å². The van der Waals surface area contributed by atoms with Gasteiger partial charge in [-0.05, 0) is 38.1 Å². The van der Waals surface area contributed by atoms with Crippen molar-refractivity contribution in [3.8, 4) is 5.75 Å². The average Bonchev–Trinajstić information content (AvgIpc) is 3.05. The average molecular weight is 371 g/mol. The maximum Gasteiger partial charge on any atom is 0.343 e. The van der Waals surface area contributed by atoms with E-state index in [1.807, 2.05) is 6.07 Å². The first kappa shape index (κ1) is 17.8. The van der Waals surface area contributed by atoms with Gasteiger partial charge in [-0.1, -0.05) is 11.3 Å². The highest BCUT2D eigenvalue weighted by atomic mass is 32.1. The number of ether oxygens (including phenoxy) is 1. The number of carbonyl (C=O) groups is 1. The number of hydrogen-bond acceptors (Lipinski definition) is 7. The summed E-state index contributed by atoms with van der Waals surface area (Å²) in [6.45, 7) is 5.90. The molecule has 0 aliphatic heterocycles. The Morgan fingerprint density at radius 1 is 1.19 bits per heavy atom. The van der Waals surface area contributed by atoms with Crippen LogP contribution in [0, 0.1) is 10.1 Å². The molecule has 0 unspecified atom stereocenters. The van der Waals surface area contributed by atoms with E-state index in [4.69, 9.17) is 4.74 Å². The molecule has 0 amide bonds. The summed E-state index contributed by atoms with van der Waals surface area (Å²) in [5, 5.41) is 11.6. The van der Waals surface area contributed by atoms with Gasteiger partial charge in [0.25, 0.3) is 5.69 Å². The van der Waals surface area contributed by atoms with E-state index < -0.39 is 10.9 Å². The van der Waals surface area contributed by atoms with E-state index in [0.717, 1.165) is 28.4 Å². The summed E-state index contributed by atoms with van der Waals surface area (Å²) in [5.41, 5.74) is 1.03. The second kappa shape index (κ2) is 7.49. The molecule has 3 rings (SSSR count). The molecule has 26 heavy (non-hydrogen) atoms. The minimum absolute atomic E-state index is 0.0726. The molecule has 134 valence electrons. The highest BCUT2D eigenvalue weighted by Crippen LogP contribution is 2.31. The van der Waals surface area contributed by atoms with E-state index >= 15 is 0 Å². The maximum absolute atomic E-state index is 12.2. The van der Waals surface area contributed by atoms with Crippen LogP contribution < -0.4 is 9.64 Å². The van der Waals surface area contributed by atoms with Gasteiger partial charge in [0.15, 0.2) is 5.13 Å². The molecule has 0 fully saturated rings. The van der Waals surface area contributed by atoms with Gasteiger partial charge in [-0.2, -0.15) is 0 Å². The lowest BCUT2D eigenvalue weighted by Crippen LogP contribution is -2.21. The number of hydrogen-bond donors (Lipinski definition) is 0. The second-order valence-electron chi connectivity index (χ2n) is 5.49. The zero-order chi connectivity index (χ0) is 18.7. The van der Waals surface area contributed by atoms with Gasteiger partial charge < -0.3 is 9.64 Å². The highest BCUT2D eigenvalue weighted by Gasteiger charge is 2.14. The first-order valence-corrected chi connectivity index (χ1v) is 8.95. The lowest BCUT2D eigenvalue weighted by molar-refractivity contribution is -0.384. The molecular formula is C18H17N3O4S. The van der Waals surface area contributed by atoms with Crippen LogP contribution in [0.2, 0.25) is 0 Å². The molecular weight excluding hydrogens is 354 g/mol. The summed E-state index contributed by atoms with van der Waals surface area (Å²) in [7, 11) is 0. The molecule has 2 aromatic carbocycles. The van der Waals surface area contributed by atoms with E-state index in [2.05, 4.69) is 23.7 Å². The Labute approximate surface area is 154 Å². The monoisotopic (exact) mass is 371 g/mol. The van der Waals surface area contributed by atoms with Crippen LogP contribution in [0.5, 0.6) is 5.75 Å². The fourth-order valence-corrected chi connectivity index (χ4v) is 3.59. The zero-order valence-electron chi connectivity index (χ0n) is 14.3. The summed E-state index contributed by atoms with van der Waals surface area (Å²) in [5.74, 6) is -0.150. The molecule has 0 saturated carbocycles. The van der Waals surface area contributed by atoms with Gasteiger partial charge in [0, 0.05) is 31.3 Å². The summed E-state index contributed by atoms with van der Waals surface area (Å²) >= 11 is 1.55. The van der Waals surface area contributed by atoms with Crippen molar-refractivity contribution in [2.24, 2.45) is 0 Å². The zero-order valence-corrected chi connectivity index (χ0v) is 15.2. The van der Waals surface area contributed by atoms with Crippen molar-refractivity contribution >= 4 is 38.3 Å². The van der Waals surface area contributed by atoms with E-state index in [-0.39, 0.29) is 11.3 Å². The van der Waals surface area contributed by atoms with Crippen LogP contribution >= 0.6 is 11.3 Å². The summed E-state index contributed by atoms with van der Waals surface area (Å²) in [6, 6.07) is 10.6. The number of carbonyl (C=O) groups excluding carboxylic acids is 1. The smallest absolute Gasteiger partial charge is 0.343 e. The molecule has 0 spiro atoms. The molecule has 3 aromatic rings. The van der Waals surface area contributed by atoms with Crippen molar-refractivity contribution < 1.29 is 14.5 Å². The van der Waals surface area contributed by atoms with Gasteiger partial charge in [0.1, 0.15) is 5.75 Å². The van der Waals surface area contributed by atoms with E-state index in [1.165, 1.54) is 24.3 Å².